The van der Waals surface area contributed by atoms with Crippen LogP contribution in [-0.4, -0.2) is 33.5 Å². The molecule has 0 saturated heterocycles. The molecule has 0 spiro atoms. The van der Waals surface area contributed by atoms with E-state index in [0.29, 0.717) is 24.7 Å². The van der Waals surface area contributed by atoms with Gasteiger partial charge in [-0.15, -0.1) is 20.4 Å². The second kappa shape index (κ2) is 6.33. The number of nitrogens with one attached hydrogen (secondary N) is 2. The Morgan fingerprint density at radius 1 is 0.786 bits per heavy atom. The summed E-state index contributed by atoms with van der Waals surface area (Å²) in [5.74, 6) is 1.26. The maximum absolute atomic E-state index is 3.94. The van der Waals surface area contributed by atoms with Crippen molar-refractivity contribution in [3.63, 3.8) is 0 Å². The van der Waals surface area contributed by atoms with E-state index in [1.807, 2.05) is 13.8 Å². The molecule has 78 valence electrons. The van der Waals surface area contributed by atoms with E-state index < -0.39 is 0 Å². The van der Waals surface area contributed by atoms with Crippen LogP contribution in [0.4, 0.5) is 0 Å². The molecule has 0 unspecified atom stereocenters. The fourth-order valence-electron chi connectivity index (χ4n) is 0.886. The zero-order chi connectivity index (χ0) is 10.2. The fourth-order valence-corrected chi connectivity index (χ4v) is 0.886. The van der Waals surface area contributed by atoms with Crippen LogP contribution in [0.1, 0.15) is 25.5 Å². The van der Waals surface area contributed by atoms with Gasteiger partial charge >= 0.3 is 0 Å². The molecule has 0 aliphatic heterocycles. The van der Waals surface area contributed by atoms with Crippen LogP contribution in [0.5, 0.6) is 0 Å². The Bertz CT molecular complexity index is 220. The SMILES string of the molecule is CCNCc1nnc(CNCC)nn1. The van der Waals surface area contributed by atoms with Crippen molar-refractivity contribution in [2.75, 3.05) is 13.1 Å². The van der Waals surface area contributed by atoms with Crippen LogP contribution in [0, 0.1) is 0 Å². The third-order valence-corrected chi connectivity index (χ3v) is 1.63. The first kappa shape index (κ1) is 10.9. The van der Waals surface area contributed by atoms with E-state index in [1.165, 1.54) is 0 Å². The van der Waals surface area contributed by atoms with Gasteiger partial charge in [0.05, 0.1) is 13.1 Å². The van der Waals surface area contributed by atoms with Crippen molar-refractivity contribution in [3.8, 4) is 0 Å². The molecule has 0 radical (unpaired) electrons. The van der Waals surface area contributed by atoms with E-state index in [1.54, 1.807) is 0 Å². The quantitative estimate of drug-likeness (QED) is 0.638. The minimum absolute atomic E-state index is 0.623. The highest BCUT2D eigenvalue weighted by Gasteiger charge is 1.99. The molecule has 0 aliphatic rings. The normalized spacial score (nSPS) is 10.4. The summed E-state index contributed by atoms with van der Waals surface area (Å²) in [5.41, 5.74) is 0. The molecule has 14 heavy (non-hydrogen) atoms. The Morgan fingerprint density at radius 2 is 1.14 bits per heavy atom. The molecule has 0 amide bonds. The monoisotopic (exact) mass is 196 g/mol. The molecule has 0 saturated carbocycles. The van der Waals surface area contributed by atoms with Crippen molar-refractivity contribution in [2.45, 2.75) is 26.9 Å². The number of hydrogen-bond donors (Lipinski definition) is 2. The molecule has 1 rings (SSSR count). The summed E-state index contributed by atoms with van der Waals surface area (Å²) in [6, 6.07) is 0. The third kappa shape index (κ3) is 3.71. The molecule has 0 bridgehead atoms. The van der Waals surface area contributed by atoms with Crippen molar-refractivity contribution in [1.29, 1.82) is 0 Å². The van der Waals surface area contributed by atoms with Crippen LogP contribution in [0.25, 0.3) is 0 Å². The first-order valence-corrected chi connectivity index (χ1v) is 4.83. The number of aromatic nitrogens is 4. The minimum atomic E-state index is 0.623. The van der Waals surface area contributed by atoms with Crippen LogP contribution in [0.3, 0.4) is 0 Å². The van der Waals surface area contributed by atoms with E-state index in [-0.39, 0.29) is 0 Å². The van der Waals surface area contributed by atoms with Crippen LogP contribution in [0.2, 0.25) is 0 Å². The molecule has 0 aromatic carbocycles. The zero-order valence-electron chi connectivity index (χ0n) is 8.62. The molecule has 0 atom stereocenters. The van der Waals surface area contributed by atoms with Gasteiger partial charge in [-0.2, -0.15) is 0 Å². The van der Waals surface area contributed by atoms with Gasteiger partial charge in [0.25, 0.3) is 0 Å². The molecule has 0 fully saturated rings. The maximum atomic E-state index is 3.94. The predicted molar refractivity (Wildman–Crippen MR) is 52.4 cm³/mol. The topological polar surface area (TPSA) is 75.6 Å². The second-order valence-corrected chi connectivity index (χ2v) is 2.79. The highest BCUT2D eigenvalue weighted by atomic mass is 15.3. The van der Waals surface area contributed by atoms with Crippen LogP contribution in [-0.2, 0) is 13.1 Å². The van der Waals surface area contributed by atoms with Gasteiger partial charge in [0, 0.05) is 0 Å². The molecule has 0 aliphatic carbocycles. The van der Waals surface area contributed by atoms with Gasteiger partial charge in [0.2, 0.25) is 0 Å². The van der Waals surface area contributed by atoms with Gasteiger partial charge < -0.3 is 10.6 Å². The van der Waals surface area contributed by atoms with Gasteiger partial charge in [0.15, 0.2) is 11.6 Å². The lowest BCUT2D eigenvalue weighted by Crippen LogP contribution is -2.19. The molecule has 6 nitrogen and oxygen atoms in total. The third-order valence-electron chi connectivity index (χ3n) is 1.63. The first-order valence-electron chi connectivity index (χ1n) is 4.83. The van der Waals surface area contributed by atoms with Gasteiger partial charge in [-0.05, 0) is 13.1 Å². The van der Waals surface area contributed by atoms with Gasteiger partial charge in [-0.3, -0.25) is 0 Å². The minimum Gasteiger partial charge on any atom is -0.310 e. The summed E-state index contributed by atoms with van der Waals surface area (Å²) in [6.45, 7) is 7.09. The summed E-state index contributed by atoms with van der Waals surface area (Å²) >= 11 is 0. The summed E-state index contributed by atoms with van der Waals surface area (Å²) in [6.07, 6.45) is 0. The van der Waals surface area contributed by atoms with Gasteiger partial charge in [-0.1, -0.05) is 13.8 Å². The van der Waals surface area contributed by atoms with Crippen molar-refractivity contribution < 1.29 is 0 Å². The Labute approximate surface area is 83.5 Å². The summed E-state index contributed by atoms with van der Waals surface area (Å²) < 4.78 is 0. The Kier molecular flexibility index (Phi) is 4.95. The number of nitrogens with zero attached hydrogens (tertiary/aromatic N) is 4. The first-order chi connectivity index (χ1) is 6.86. The number of rotatable bonds is 6. The lowest BCUT2D eigenvalue weighted by atomic mass is 10.5. The molecular formula is C8H16N6. The van der Waals surface area contributed by atoms with Crippen molar-refractivity contribution in [2.24, 2.45) is 0 Å². The second-order valence-electron chi connectivity index (χ2n) is 2.79. The molecule has 2 N–H and O–H groups in total. The highest BCUT2D eigenvalue weighted by Crippen LogP contribution is 1.86. The molecule has 6 heteroatoms. The van der Waals surface area contributed by atoms with E-state index in [2.05, 4.69) is 31.0 Å². The van der Waals surface area contributed by atoms with Crippen LogP contribution in [0.15, 0.2) is 0 Å². The van der Waals surface area contributed by atoms with E-state index in [4.69, 9.17) is 0 Å². The molecule has 1 aromatic heterocycles. The van der Waals surface area contributed by atoms with Crippen LogP contribution >= 0.6 is 0 Å². The van der Waals surface area contributed by atoms with Gasteiger partial charge in [-0.25, -0.2) is 0 Å². The van der Waals surface area contributed by atoms with E-state index in [9.17, 15) is 0 Å². The zero-order valence-corrected chi connectivity index (χ0v) is 8.62. The molecule has 1 aromatic rings. The van der Waals surface area contributed by atoms with Crippen molar-refractivity contribution >= 4 is 0 Å². The van der Waals surface area contributed by atoms with Crippen LogP contribution < -0.4 is 10.6 Å². The van der Waals surface area contributed by atoms with Crippen molar-refractivity contribution in [1.82, 2.24) is 31.0 Å². The number of hydrogen-bond acceptors (Lipinski definition) is 6. The Morgan fingerprint density at radius 3 is 1.43 bits per heavy atom. The smallest absolute Gasteiger partial charge is 0.187 e. The average molecular weight is 196 g/mol. The van der Waals surface area contributed by atoms with E-state index >= 15 is 0 Å². The molecular weight excluding hydrogens is 180 g/mol. The van der Waals surface area contributed by atoms with E-state index in [0.717, 1.165) is 13.1 Å². The highest BCUT2D eigenvalue weighted by molar-refractivity contribution is 4.81. The van der Waals surface area contributed by atoms with Crippen molar-refractivity contribution in [3.05, 3.63) is 11.6 Å². The largest absolute Gasteiger partial charge is 0.310 e. The summed E-state index contributed by atoms with van der Waals surface area (Å²) in [7, 11) is 0. The predicted octanol–water partition coefficient (Wildman–Crippen LogP) is -0.514. The summed E-state index contributed by atoms with van der Waals surface area (Å²) in [5, 5.41) is 22.0. The lowest BCUT2D eigenvalue weighted by molar-refractivity contribution is 0.605. The molecule has 1 heterocycles. The van der Waals surface area contributed by atoms with Gasteiger partial charge in [0.1, 0.15) is 0 Å². The Balaban J connectivity index is 2.42. The lowest BCUT2D eigenvalue weighted by Gasteiger charge is -2.00. The standard InChI is InChI=1S/C8H16N6/c1-3-9-5-7-11-13-8(14-12-7)6-10-4-2/h9-10H,3-6H2,1-2H3. The fraction of sp³-hybridized carbons (Fsp3) is 0.750. The Hall–Kier alpha value is -1.14. The summed E-state index contributed by atoms with van der Waals surface area (Å²) in [4.78, 5) is 0. The average Bonchev–Trinajstić information content (AvgIpc) is 2.25. The maximum Gasteiger partial charge on any atom is 0.187 e.